The van der Waals surface area contributed by atoms with Crippen molar-refractivity contribution >= 4 is 26.0 Å². The minimum atomic E-state index is -3.27. The van der Waals surface area contributed by atoms with Crippen LogP contribution in [0.5, 0.6) is 0 Å². The van der Waals surface area contributed by atoms with Crippen molar-refractivity contribution in [3.8, 4) is 0 Å². The van der Waals surface area contributed by atoms with Crippen LogP contribution < -0.4 is 0 Å². The van der Waals surface area contributed by atoms with Crippen molar-refractivity contribution in [2.45, 2.75) is 17.7 Å². The summed E-state index contributed by atoms with van der Waals surface area (Å²) in [6.07, 6.45) is 0. The molecule has 0 N–H and O–H groups in total. The Kier molecular flexibility index (Phi) is 7.15. The van der Waals surface area contributed by atoms with Crippen molar-refractivity contribution in [1.29, 1.82) is 0 Å². The molecular weight excluding hydrogens is 342 g/mol. The predicted octanol–water partition coefficient (Wildman–Crippen LogP) is 2.46. The number of hydrogen-bond acceptors (Lipinski definition) is 3. The number of hydrogen-bond donors (Lipinski definition) is 0. The number of methoxy groups -OCH3 is 1. The van der Waals surface area contributed by atoms with Crippen LogP contribution in [0.3, 0.4) is 0 Å². The number of ether oxygens (including phenoxy) is 1. The topological polar surface area (TPSA) is 46.6 Å². The van der Waals surface area contributed by atoms with Gasteiger partial charge in [-0.15, -0.1) is 0 Å². The first-order chi connectivity index (χ1) is 9.36. The highest BCUT2D eigenvalue weighted by molar-refractivity contribution is 9.09. The lowest BCUT2D eigenvalue weighted by atomic mass is 10.0. The fraction of sp³-hybridized carbons (Fsp3) is 0.571. The van der Waals surface area contributed by atoms with E-state index < -0.39 is 10.0 Å². The van der Waals surface area contributed by atoms with Gasteiger partial charge in [0.15, 0.2) is 0 Å². The Balaban J connectivity index is 2.65. The van der Waals surface area contributed by atoms with Gasteiger partial charge in [0.1, 0.15) is 0 Å². The maximum Gasteiger partial charge on any atom is 0.214 e. The van der Waals surface area contributed by atoms with Crippen LogP contribution in [-0.2, 0) is 14.8 Å². The molecule has 0 aromatic heterocycles. The maximum absolute atomic E-state index is 12.3. The van der Waals surface area contributed by atoms with Crippen molar-refractivity contribution in [2.24, 2.45) is 0 Å². The van der Waals surface area contributed by atoms with E-state index in [1.165, 1.54) is 4.31 Å². The highest BCUT2D eigenvalue weighted by Gasteiger charge is 2.23. The number of benzene rings is 1. The summed E-state index contributed by atoms with van der Waals surface area (Å²) in [6, 6.07) is 9.69. The van der Waals surface area contributed by atoms with E-state index in [1.54, 1.807) is 14.2 Å². The molecule has 0 bridgehead atoms. The largest absolute Gasteiger partial charge is 0.383 e. The predicted molar refractivity (Wildman–Crippen MR) is 85.9 cm³/mol. The van der Waals surface area contributed by atoms with Gasteiger partial charge >= 0.3 is 0 Å². The van der Waals surface area contributed by atoms with Gasteiger partial charge in [0, 0.05) is 20.7 Å². The van der Waals surface area contributed by atoms with Crippen molar-refractivity contribution < 1.29 is 13.2 Å². The SMILES string of the molecule is COCC(Br)CN(C)S(=O)(=O)CC(C)c1ccccc1. The van der Waals surface area contributed by atoms with E-state index in [2.05, 4.69) is 15.9 Å². The van der Waals surface area contributed by atoms with Gasteiger partial charge in [0.25, 0.3) is 0 Å². The van der Waals surface area contributed by atoms with E-state index in [9.17, 15) is 8.42 Å². The van der Waals surface area contributed by atoms with Crippen LogP contribution in [0.15, 0.2) is 30.3 Å². The average molecular weight is 364 g/mol. The molecule has 0 saturated carbocycles. The fourth-order valence-electron chi connectivity index (χ4n) is 1.95. The average Bonchev–Trinajstić information content (AvgIpc) is 2.39. The minimum Gasteiger partial charge on any atom is -0.383 e. The van der Waals surface area contributed by atoms with Crippen molar-refractivity contribution in [3.05, 3.63) is 35.9 Å². The van der Waals surface area contributed by atoms with Crippen LogP contribution in [0.4, 0.5) is 0 Å². The van der Waals surface area contributed by atoms with Crippen molar-refractivity contribution in [3.63, 3.8) is 0 Å². The van der Waals surface area contributed by atoms with Crippen LogP contribution in [-0.4, -0.2) is 50.6 Å². The van der Waals surface area contributed by atoms with E-state index in [-0.39, 0.29) is 16.5 Å². The molecule has 0 heterocycles. The summed E-state index contributed by atoms with van der Waals surface area (Å²) in [5.41, 5.74) is 1.04. The molecule has 6 heteroatoms. The summed E-state index contributed by atoms with van der Waals surface area (Å²) in [5, 5.41) is 0. The molecule has 1 aromatic rings. The third-order valence-electron chi connectivity index (χ3n) is 3.11. The molecule has 1 aromatic carbocycles. The van der Waals surface area contributed by atoms with Gasteiger partial charge in [0.2, 0.25) is 10.0 Å². The molecule has 0 aliphatic heterocycles. The van der Waals surface area contributed by atoms with Gasteiger partial charge in [0.05, 0.1) is 17.2 Å². The fourth-order valence-corrected chi connectivity index (χ4v) is 4.32. The molecule has 114 valence electrons. The number of sulfonamides is 1. The molecule has 0 saturated heterocycles. The summed E-state index contributed by atoms with van der Waals surface area (Å²) in [5.74, 6) is 0.0834. The Labute approximate surface area is 130 Å². The third-order valence-corrected chi connectivity index (χ3v) is 5.68. The molecule has 4 nitrogen and oxygen atoms in total. The number of rotatable bonds is 8. The van der Waals surface area contributed by atoms with Crippen molar-refractivity contribution in [1.82, 2.24) is 4.31 Å². The van der Waals surface area contributed by atoms with Crippen LogP contribution >= 0.6 is 15.9 Å². The van der Waals surface area contributed by atoms with E-state index in [4.69, 9.17) is 4.74 Å². The molecular formula is C14H22BrNO3S. The molecule has 0 radical (unpaired) electrons. The van der Waals surface area contributed by atoms with Gasteiger partial charge < -0.3 is 4.74 Å². The summed E-state index contributed by atoms with van der Waals surface area (Å²) in [4.78, 5) is -0.000642. The van der Waals surface area contributed by atoms with Gasteiger partial charge in [-0.05, 0) is 11.5 Å². The zero-order valence-corrected chi connectivity index (χ0v) is 14.5. The quantitative estimate of drug-likeness (QED) is 0.666. The molecule has 0 amide bonds. The Hall–Kier alpha value is -0.430. The number of alkyl halides is 1. The first-order valence-electron chi connectivity index (χ1n) is 6.48. The smallest absolute Gasteiger partial charge is 0.214 e. The van der Waals surface area contributed by atoms with E-state index >= 15 is 0 Å². The Morgan fingerprint density at radius 2 is 1.90 bits per heavy atom. The maximum atomic E-state index is 12.3. The highest BCUT2D eigenvalue weighted by Crippen LogP contribution is 2.18. The van der Waals surface area contributed by atoms with Crippen LogP contribution in [0.1, 0.15) is 18.4 Å². The Morgan fingerprint density at radius 3 is 2.45 bits per heavy atom. The molecule has 2 unspecified atom stereocenters. The number of halogens is 1. The highest BCUT2D eigenvalue weighted by atomic mass is 79.9. The summed E-state index contributed by atoms with van der Waals surface area (Å²) >= 11 is 3.41. The van der Waals surface area contributed by atoms with E-state index in [0.717, 1.165) is 5.56 Å². The normalized spacial score (nSPS) is 15.2. The molecule has 0 aliphatic rings. The zero-order valence-electron chi connectivity index (χ0n) is 12.1. The Bertz CT molecular complexity index is 492. The number of nitrogens with zero attached hydrogens (tertiary/aromatic N) is 1. The van der Waals surface area contributed by atoms with Crippen molar-refractivity contribution in [2.75, 3.05) is 33.1 Å². The monoisotopic (exact) mass is 363 g/mol. The second-order valence-electron chi connectivity index (χ2n) is 4.92. The lowest BCUT2D eigenvalue weighted by molar-refractivity contribution is 0.195. The zero-order chi connectivity index (χ0) is 15.2. The first-order valence-corrected chi connectivity index (χ1v) is 9.01. The summed E-state index contributed by atoms with van der Waals surface area (Å²) in [7, 11) is -0.0677. The standard InChI is InChI=1S/C14H22BrNO3S/c1-12(13-7-5-4-6-8-13)11-20(17,18)16(2)9-14(15)10-19-3/h4-8,12,14H,9-11H2,1-3H3. The molecule has 2 atom stereocenters. The van der Waals surface area contributed by atoms with Gasteiger partial charge in [-0.3, -0.25) is 0 Å². The second-order valence-corrected chi connectivity index (χ2v) is 8.34. The van der Waals surface area contributed by atoms with Gasteiger partial charge in [-0.2, -0.15) is 0 Å². The molecule has 20 heavy (non-hydrogen) atoms. The Morgan fingerprint density at radius 1 is 1.30 bits per heavy atom. The molecule has 1 rings (SSSR count). The molecule has 0 spiro atoms. The molecule has 0 aliphatic carbocycles. The van der Waals surface area contributed by atoms with E-state index in [0.29, 0.717) is 13.2 Å². The first kappa shape index (κ1) is 17.6. The second kappa shape index (κ2) is 8.12. The van der Waals surface area contributed by atoms with E-state index in [1.807, 2.05) is 37.3 Å². The minimum absolute atomic E-state index is 0.000642. The summed E-state index contributed by atoms with van der Waals surface area (Å²) in [6.45, 7) is 2.81. The van der Waals surface area contributed by atoms with Crippen LogP contribution in [0, 0.1) is 0 Å². The van der Waals surface area contributed by atoms with Gasteiger partial charge in [-0.1, -0.05) is 53.2 Å². The lowest BCUT2D eigenvalue weighted by Crippen LogP contribution is -2.36. The third kappa shape index (κ3) is 5.52. The molecule has 0 fully saturated rings. The summed E-state index contributed by atoms with van der Waals surface area (Å²) < 4.78 is 31.0. The van der Waals surface area contributed by atoms with Gasteiger partial charge in [-0.25, -0.2) is 12.7 Å². The van der Waals surface area contributed by atoms with Crippen LogP contribution in [0.25, 0.3) is 0 Å². The lowest BCUT2D eigenvalue weighted by Gasteiger charge is -2.22. The van der Waals surface area contributed by atoms with Crippen LogP contribution in [0.2, 0.25) is 0 Å².